The number of rotatable bonds is 6. The van der Waals surface area contributed by atoms with Crippen molar-refractivity contribution in [2.75, 3.05) is 13.1 Å². The molecule has 0 aliphatic rings. The molecule has 0 saturated heterocycles. The lowest BCUT2D eigenvalue weighted by Crippen LogP contribution is -2.45. The normalized spacial score (nSPS) is 15.2. The molecule has 0 fully saturated rings. The first kappa shape index (κ1) is 17.7. The van der Waals surface area contributed by atoms with Crippen molar-refractivity contribution in [1.82, 2.24) is 4.90 Å². The van der Waals surface area contributed by atoms with Crippen molar-refractivity contribution >= 4 is 11.9 Å². The van der Waals surface area contributed by atoms with E-state index in [2.05, 4.69) is 0 Å². The highest BCUT2D eigenvalue weighted by Crippen LogP contribution is 2.21. The Balaban J connectivity index is 4.94. The molecule has 0 heterocycles. The molecule has 0 aromatic rings. The van der Waals surface area contributed by atoms with E-state index in [0.717, 1.165) is 0 Å². The van der Waals surface area contributed by atoms with Gasteiger partial charge in [-0.25, -0.2) is 0 Å². The SMILES string of the molecule is CC(C)CN(CC(F)(F)F)C(=O)C(C)C(C)C(=O)O. The Morgan fingerprint density at radius 2 is 1.58 bits per heavy atom. The third kappa shape index (κ3) is 6.45. The fourth-order valence-corrected chi connectivity index (χ4v) is 1.61. The second-order valence-electron chi connectivity index (χ2n) is 5.14. The van der Waals surface area contributed by atoms with Gasteiger partial charge >= 0.3 is 12.1 Å². The summed E-state index contributed by atoms with van der Waals surface area (Å²) in [5.74, 6) is -4.11. The van der Waals surface area contributed by atoms with Crippen LogP contribution in [0.4, 0.5) is 13.2 Å². The predicted molar refractivity (Wildman–Crippen MR) is 63.4 cm³/mol. The minimum absolute atomic E-state index is 0.0466. The Hall–Kier alpha value is -1.27. The standard InChI is InChI=1S/C12H20F3NO3/c1-7(2)5-16(6-12(13,14)15)10(17)8(3)9(4)11(18)19/h7-9H,5-6H2,1-4H3,(H,18,19). The van der Waals surface area contributed by atoms with Gasteiger partial charge in [-0.2, -0.15) is 13.2 Å². The van der Waals surface area contributed by atoms with E-state index < -0.39 is 36.4 Å². The van der Waals surface area contributed by atoms with E-state index in [1.165, 1.54) is 13.8 Å². The highest BCUT2D eigenvalue weighted by Gasteiger charge is 2.36. The van der Waals surface area contributed by atoms with Crippen molar-refractivity contribution in [3.63, 3.8) is 0 Å². The molecule has 7 heteroatoms. The third-order valence-electron chi connectivity index (χ3n) is 2.80. The molecular weight excluding hydrogens is 263 g/mol. The molecule has 0 bridgehead atoms. The van der Waals surface area contributed by atoms with Crippen LogP contribution >= 0.6 is 0 Å². The van der Waals surface area contributed by atoms with Crippen molar-refractivity contribution in [2.45, 2.75) is 33.9 Å². The number of carbonyl (C=O) groups excluding carboxylic acids is 1. The number of halogens is 3. The van der Waals surface area contributed by atoms with Crippen molar-refractivity contribution in [3.05, 3.63) is 0 Å². The van der Waals surface area contributed by atoms with Gasteiger partial charge in [0.05, 0.1) is 5.92 Å². The van der Waals surface area contributed by atoms with Crippen molar-refractivity contribution < 1.29 is 27.9 Å². The monoisotopic (exact) mass is 283 g/mol. The first-order valence-corrected chi connectivity index (χ1v) is 6.04. The first-order chi connectivity index (χ1) is 8.45. The topological polar surface area (TPSA) is 57.6 Å². The lowest BCUT2D eigenvalue weighted by Gasteiger charge is -2.29. The van der Waals surface area contributed by atoms with Crippen LogP contribution in [0.25, 0.3) is 0 Å². The average molecular weight is 283 g/mol. The van der Waals surface area contributed by atoms with Crippen molar-refractivity contribution in [3.8, 4) is 0 Å². The molecular formula is C12H20F3NO3. The summed E-state index contributed by atoms with van der Waals surface area (Å²) in [6.45, 7) is 4.65. The summed E-state index contributed by atoms with van der Waals surface area (Å²) in [4.78, 5) is 23.4. The number of alkyl halides is 3. The van der Waals surface area contributed by atoms with Crippen LogP contribution in [0.15, 0.2) is 0 Å². The van der Waals surface area contributed by atoms with Gasteiger partial charge in [0.2, 0.25) is 5.91 Å². The summed E-state index contributed by atoms with van der Waals surface area (Å²) in [6.07, 6.45) is -4.49. The Morgan fingerprint density at radius 3 is 1.89 bits per heavy atom. The van der Waals surface area contributed by atoms with Crippen LogP contribution in [0, 0.1) is 17.8 Å². The number of carboxylic acids is 1. The molecule has 2 unspecified atom stereocenters. The van der Waals surface area contributed by atoms with Crippen LogP contribution in [0.2, 0.25) is 0 Å². The molecule has 0 aromatic carbocycles. The molecule has 0 rings (SSSR count). The largest absolute Gasteiger partial charge is 0.481 e. The molecule has 0 aromatic heterocycles. The number of carbonyl (C=O) groups is 2. The first-order valence-electron chi connectivity index (χ1n) is 6.04. The highest BCUT2D eigenvalue weighted by atomic mass is 19.4. The van der Waals surface area contributed by atoms with Gasteiger partial charge in [-0.1, -0.05) is 27.7 Å². The van der Waals surface area contributed by atoms with Gasteiger partial charge in [0.1, 0.15) is 6.54 Å². The van der Waals surface area contributed by atoms with Gasteiger partial charge < -0.3 is 10.0 Å². The number of hydrogen-bond donors (Lipinski definition) is 1. The predicted octanol–water partition coefficient (Wildman–Crippen LogP) is 2.39. The van der Waals surface area contributed by atoms with Crippen molar-refractivity contribution in [1.29, 1.82) is 0 Å². The smallest absolute Gasteiger partial charge is 0.406 e. The summed E-state index contributed by atoms with van der Waals surface area (Å²) in [5.41, 5.74) is 0. The van der Waals surface area contributed by atoms with Gasteiger partial charge in [-0.15, -0.1) is 0 Å². The van der Waals surface area contributed by atoms with Gasteiger partial charge in [0, 0.05) is 12.5 Å². The Morgan fingerprint density at radius 1 is 1.11 bits per heavy atom. The summed E-state index contributed by atoms with van der Waals surface area (Å²) in [5, 5.41) is 8.80. The number of aliphatic carboxylic acids is 1. The van der Waals surface area contributed by atoms with E-state index in [0.29, 0.717) is 4.90 Å². The van der Waals surface area contributed by atoms with E-state index >= 15 is 0 Å². The lowest BCUT2D eigenvalue weighted by molar-refractivity contribution is -0.166. The van der Waals surface area contributed by atoms with Crippen molar-refractivity contribution in [2.24, 2.45) is 17.8 Å². The molecule has 0 radical (unpaired) electrons. The molecule has 112 valence electrons. The van der Waals surface area contributed by atoms with Gasteiger partial charge in [-0.3, -0.25) is 9.59 Å². The Bertz CT molecular complexity index is 329. The van der Waals surface area contributed by atoms with E-state index in [4.69, 9.17) is 5.11 Å². The Labute approximate surface area is 110 Å². The minimum Gasteiger partial charge on any atom is -0.481 e. The summed E-state index contributed by atoms with van der Waals surface area (Å²) in [7, 11) is 0. The van der Waals surface area contributed by atoms with Crippen LogP contribution in [-0.2, 0) is 9.59 Å². The van der Waals surface area contributed by atoms with Crippen LogP contribution in [-0.4, -0.2) is 41.1 Å². The zero-order chi connectivity index (χ0) is 15.4. The minimum atomic E-state index is -4.49. The zero-order valence-electron chi connectivity index (χ0n) is 11.5. The number of amides is 1. The second-order valence-corrected chi connectivity index (χ2v) is 5.14. The molecule has 19 heavy (non-hydrogen) atoms. The molecule has 1 N–H and O–H groups in total. The maximum Gasteiger partial charge on any atom is 0.406 e. The van der Waals surface area contributed by atoms with E-state index in [-0.39, 0.29) is 12.5 Å². The van der Waals surface area contributed by atoms with Crippen LogP contribution in [0.1, 0.15) is 27.7 Å². The molecule has 4 nitrogen and oxygen atoms in total. The van der Waals surface area contributed by atoms with Crippen LogP contribution in [0.5, 0.6) is 0 Å². The fraction of sp³-hybridized carbons (Fsp3) is 0.833. The molecule has 0 saturated carbocycles. The molecule has 2 atom stereocenters. The number of nitrogens with zero attached hydrogens (tertiary/aromatic N) is 1. The molecule has 0 aliphatic carbocycles. The average Bonchev–Trinajstić information content (AvgIpc) is 2.22. The number of carboxylic acid groups (broad SMARTS) is 1. The number of hydrogen-bond acceptors (Lipinski definition) is 2. The maximum absolute atomic E-state index is 12.4. The second kappa shape index (κ2) is 6.77. The third-order valence-corrected chi connectivity index (χ3v) is 2.80. The van der Waals surface area contributed by atoms with Crippen LogP contribution < -0.4 is 0 Å². The van der Waals surface area contributed by atoms with E-state index in [9.17, 15) is 22.8 Å². The maximum atomic E-state index is 12.4. The van der Waals surface area contributed by atoms with E-state index in [1.807, 2.05) is 0 Å². The van der Waals surface area contributed by atoms with Crippen LogP contribution in [0.3, 0.4) is 0 Å². The van der Waals surface area contributed by atoms with Gasteiger partial charge in [0.15, 0.2) is 0 Å². The Kier molecular flexibility index (Phi) is 6.32. The highest BCUT2D eigenvalue weighted by molar-refractivity contribution is 5.84. The zero-order valence-corrected chi connectivity index (χ0v) is 11.5. The molecule has 0 spiro atoms. The van der Waals surface area contributed by atoms with Gasteiger partial charge in [-0.05, 0) is 5.92 Å². The lowest BCUT2D eigenvalue weighted by atomic mass is 9.94. The van der Waals surface area contributed by atoms with Gasteiger partial charge in [0.25, 0.3) is 0 Å². The summed E-state index contributed by atoms with van der Waals surface area (Å²) < 4.78 is 37.3. The molecule has 1 amide bonds. The molecule has 0 aliphatic heterocycles. The summed E-state index contributed by atoms with van der Waals surface area (Å²) >= 11 is 0. The summed E-state index contributed by atoms with van der Waals surface area (Å²) in [6, 6.07) is 0. The quantitative estimate of drug-likeness (QED) is 0.814. The van der Waals surface area contributed by atoms with E-state index in [1.54, 1.807) is 13.8 Å². The fourth-order valence-electron chi connectivity index (χ4n) is 1.61.